The maximum Gasteiger partial charge on any atom is 0.255 e. The van der Waals surface area contributed by atoms with E-state index in [1.807, 2.05) is 6.07 Å². The van der Waals surface area contributed by atoms with Gasteiger partial charge in [-0.2, -0.15) is 0 Å². The van der Waals surface area contributed by atoms with E-state index in [0.717, 1.165) is 5.56 Å². The van der Waals surface area contributed by atoms with E-state index in [2.05, 4.69) is 10.6 Å². The molecule has 0 atom stereocenters. The highest BCUT2D eigenvalue weighted by atomic mass is 35.5. The van der Waals surface area contributed by atoms with Crippen LogP contribution in [0.4, 0.5) is 10.1 Å². The quantitative estimate of drug-likeness (QED) is 0.674. The Kier molecular flexibility index (Phi) is 5.84. The fourth-order valence-electron chi connectivity index (χ4n) is 2.43. The second-order valence-corrected chi connectivity index (χ2v) is 6.24. The van der Waals surface area contributed by atoms with Gasteiger partial charge in [-0.15, -0.1) is 0 Å². The monoisotopic (exact) mass is 382 g/mol. The van der Waals surface area contributed by atoms with Crippen LogP contribution in [0.5, 0.6) is 0 Å². The first-order valence-corrected chi connectivity index (χ1v) is 8.59. The van der Waals surface area contributed by atoms with Crippen molar-refractivity contribution in [1.82, 2.24) is 5.32 Å². The first kappa shape index (κ1) is 18.6. The number of benzene rings is 3. The first-order chi connectivity index (χ1) is 13.0. The number of carbonyl (C=O) groups is 2. The zero-order valence-corrected chi connectivity index (χ0v) is 15.0. The Bertz CT molecular complexity index is 960. The van der Waals surface area contributed by atoms with Crippen LogP contribution in [-0.2, 0) is 6.54 Å². The SMILES string of the molecule is O=C(NCc1ccc(C(=O)Nc2ccc(F)c(Cl)c2)cc1)c1ccccc1. The van der Waals surface area contributed by atoms with Gasteiger partial charge in [0.25, 0.3) is 11.8 Å². The lowest BCUT2D eigenvalue weighted by molar-refractivity contribution is 0.0949. The number of anilines is 1. The number of carbonyl (C=O) groups excluding carboxylic acids is 2. The number of hydrogen-bond donors (Lipinski definition) is 2. The summed E-state index contributed by atoms with van der Waals surface area (Å²) in [6.45, 7) is 0.350. The van der Waals surface area contributed by atoms with Gasteiger partial charge in [-0.05, 0) is 48.0 Å². The van der Waals surface area contributed by atoms with Crippen LogP contribution >= 0.6 is 11.6 Å². The van der Waals surface area contributed by atoms with Crippen LogP contribution in [0.25, 0.3) is 0 Å². The van der Waals surface area contributed by atoms with E-state index >= 15 is 0 Å². The van der Waals surface area contributed by atoms with E-state index < -0.39 is 5.82 Å². The molecule has 0 radical (unpaired) electrons. The first-order valence-electron chi connectivity index (χ1n) is 8.21. The van der Waals surface area contributed by atoms with Crippen molar-refractivity contribution in [3.05, 3.63) is 100 Å². The third kappa shape index (κ3) is 4.92. The zero-order chi connectivity index (χ0) is 19.2. The number of rotatable bonds is 5. The van der Waals surface area contributed by atoms with E-state index in [4.69, 9.17) is 11.6 Å². The van der Waals surface area contributed by atoms with Gasteiger partial charge in [-0.1, -0.05) is 41.9 Å². The Morgan fingerprint density at radius 3 is 2.19 bits per heavy atom. The molecule has 0 aromatic heterocycles. The number of halogens is 2. The van der Waals surface area contributed by atoms with Gasteiger partial charge in [0.2, 0.25) is 0 Å². The van der Waals surface area contributed by atoms with Crippen molar-refractivity contribution in [3.8, 4) is 0 Å². The molecule has 0 unspecified atom stereocenters. The van der Waals surface area contributed by atoms with Crippen LogP contribution in [0, 0.1) is 5.82 Å². The van der Waals surface area contributed by atoms with Crippen molar-refractivity contribution in [2.75, 3.05) is 5.32 Å². The minimum atomic E-state index is -0.545. The molecule has 136 valence electrons. The van der Waals surface area contributed by atoms with Gasteiger partial charge in [0.15, 0.2) is 0 Å². The lowest BCUT2D eigenvalue weighted by atomic mass is 10.1. The molecule has 0 aliphatic rings. The molecule has 0 spiro atoms. The van der Waals surface area contributed by atoms with E-state index in [0.29, 0.717) is 23.4 Å². The van der Waals surface area contributed by atoms with Gasteiger partial charge in [0, 0.05) is 23.4 Å². The van der Waals surface area contributed by atoms with Gasteiger partial charge in [0.1, 0.15) is 5.82 Å². The maximum absolute atomic E-state index is 13.2. The van der Waals surface area contributed by atoms with Crippen LogP contribution in [0.3, 0.4) is 0 Å². The van der Waals surface area contributed by atoms with Crippen molar-refractivity contribution < 1.29 is 14.0 Å². The minimum absolute atomic E-state index is 0.0581. The van der Waals surface area contributed by atoms with Crippen LogP contribution in [0.1, 0.15) is 26.3 Å². The van der Waals surface area contributed by atoms with Gasteiger partial charge in [0.05, 0.1) is 5.02 Å². The average Bonchev–Trinajstić information content (AvgIpc) is 2.70. The lowest BCUT2D eigenvalue weighted by Crippen LogP contribution is -2.22. The molecular formula is C21H16ClFN2O2. The van der Waals surface area contributed by atoms with Crippen molar-refractivity contribution in [1.29, 1.82) is 0 Å². The standard InChI is InChI=1S/C21H16ClFN2O2/c22-18-12-17(10-11-19(18)23)25-21(27)16-8-6-14(7-9-16)13-24-20(26)15-4-2-1-3-5-15/h1-12H,13H2,(H,24,26)(H,25,27). The third-order valence-corrected chi connectivity index (χ3v) is 4.17. The summed E-state index contributed by atoms with van der Waals surface area (Å²) in [6.07, 6.45) is 0. The lowest BCUT2D eigenvalue weighted by Gasteiger charge is -2.08. The highest BCUT2D eigenvalue weighted by Crippen LogP contribution is 2.20. The summed E-state index contributed by atoms with van der Waals surface area (Å²) in [5.41, 5.74) is 2.30. The predicted octanol–water partition coefficient (Wildman–Crippen LogP) is 4.66. The molecule has 0 aliphatic heterocycles. The number of amides is 2. The maximum atomic E-state index is 13.2. The molecule has 3 rings (SSSR count). The summed E-state index contributed by atoms with van der Waals surface area (Å²) < 4.78 is 13.2. The Hall–Kier alpha value is -3.18. The van der Waals surface area contributed by atoms with Crippen molar-refractivity contribution in [2.45, 2.75) is 6.54 Å². The van der Waals surface area contributed by atoms with Gasteiger partial charge >= 0.3 is 0 Å². The van der Waals surface area contributed by atoms with E-state index in [1.54, 1.807) is 48.5 Å². The fraction of sp³-hybridized carbons (Fsp3) is 0.0476. The van der Waals surface area contributed by atoms with E-state index in [-0.39, 0.29) is 16.8 Å². The van der Waals surface area contributed by atoms with E-state index in [9.17, 15) is 14.0 Å². The van der Waals surface area contributed by atoms with Crippen molar-refractivity contribution in [2.24, 2.45) is 0 Å². The minimum Gasteiger partial charge on any atom is -0.348 e. The van der Waals surface area contributed by atoms with Gasteiger partial charge < -0.3 is 10.6 Å². The second kappa shape index (κ2) is 8.47. The summed E-state index contributed by atoms with van der Waals surface area (Å²) in [7, 11) is 0. The normalized spacial score (nSPS) is 10.3. The fourth-order valence-corrected chi connectivity index (χ4v) is 2.61. The van der Waals surface area contributed by atoms with Gasteiger partial charge in [-0.3, -0.25) is 9.59 Å². The Morgan fingerprint density at radius 1 is 0.852 bits per heavy atom. The summed E-state index contributed by atoms with van der Waals surface area (Å²) in [6, 6.07) is 19.7. The molecule has 2 N–H and O–H groups in total. The largest absolute Gasteiger partial charge is 0.348 e. The second-order valence-electron chi connectivity index (χ2n) is 5.83. The molecular weight excluding hydrogens is 367 g/mol. The molecule has 0 fully saturated rings. The molecule has 0 saturated heterocycles. The highest BCUT2D eigenvalue weighted by molar-refractivity contribution is 6.31. The third-order valence-electron chi connectivity index (χ3n) is 3.88. The highest BCUT2D eigenvalue weighted by Gasteiger charge is 2.09. The van der Waals surface area contributed by atoms with E-state index in [1.165, 1.54) is 18.2 Å². The molecule has 0 heterocycles. The van der Waals surface area contributed by atoms with Crippen LogP contribution < -0.4 is 10.6 Å². The summed E-state index contributed by atoms with van der Waals surface area (Å²) in [4.78, 5) is 24.3. The van der Waals surface area contributed by atoms with Crippen molar-refractivity contribution >= 4 is 29.1 Å². The molecule has 0 saturated carbocycles. The smallest absolute Gasteiger partial charge is 0.255 e. The predicted molar refractivity (Wildman–Crippen MR) is 103 cm³/mol. The molecule has 6 heteroatoms. The van der Waals surface area contributed by atoms with Crippen LogP contribution in [0.15, 0.2) is 72.8 Å². The van der Waals surface area contributed by atoms with Crippen LogP contribution in [-0.4, -0.2) is 11.8 Å². The summed E-state index contributed by atoms with van der Waals surface area (Å²) in [5.74, 6) is -1.04. The molecule has 3 aromatic carbocycles. The molecule has 4 nitrogen and oxygen atoms in total. The summed E-state index contributed by atoms with van der Waals surface area (Å²) in [5, 5.41) is 5.43. The summed E-state index contributed by atoms with van der Waals surface area (Å²) >= 11 is 5.71. The number of hydrogen-bond acceptors (Lipinski definition) is 2. The Morgan fingerprint density at radius 2 is 1.52 bits per heavy atom. The number of nitrogens with one attached hydrogen (secondary N) is 2. The molecule has 2 amide bonds. The topological polar surface area (TPSA) is 58.2 Å². The average molecular weight is 383 g/mol. The van der Waals surface area contributed by atoms with Gasteiger partial charge in [-0.25, -0.2) is 4.39 Å². The Balaban J connectivity index is 1.58. The van der Waals surface area contributed by atoms with Crippen molar-refractivity contribution in [3.63, 3.8) is 0 Å². The van der Waals surface area contributed by atoms with Crippen LogP contribution in [0.2, 0.25) is 5.02 Å². The molecule has 0 aliphatic carbocycles. The Labute approximate surface area is 161 Å². The molecule has 3 aromatic rings. The zero-order valence-electron chi connectivity index (χ0n) is 14.2. The molecule has 0 bridgehead atoms. The molecule has 27 heavy (non-hydrogen) atoms.